The van der Waals surface area contributed by atoms with Crippen LogP contribution in [-0.2, 0) is 21.4 Å². The van der Waals surface area contributed by atoms with Crippen LogP contribution in [0.5, 0.6) is 5.75 Å². The minimum Gasteiger partial charge on any atom is -0.494 e. The maximum absolute atomic E-state index is 12.4. The molecular weight excluding hydrogens is 328 g/mol. The summed E-state index contributed by atoms with van der Waals surface area (Å²) in [6.07, 6.45) is 1.43. The lowest BCUT2D eigenvalue weighted by Crippen LogP contribution is -2.45. The van der Waals surface area contributed by atoms with Gasteiger partial charge in [0.25, 0.3) is 0 Å². The molecule has 1 aromatic carbocycles. The minimum absolute atomic E-state index is 0.0725. The van der Waals surface area contributed by atoms with Crippen LogP contribution in [-0.4, -0.2) is 44.1 Å². The van der Waals surface area contributed by atoms with Gasteiger partial charge in [0.05, 0.1) is 18.3 Å². The summed E-state index contributed by atoms with van der Waals surface area (Å²) in [5.41, 5.74) is 0.918. The standard InChI is InChI=1S/C17H26N2O4S/c1-3-23-16-10-6-5-8-14(16)12-18-17(20)15-9-7-11-19(13-15)24(21,22)4-2/h5-6,8,10,15H,3-4,7,9,11-13H2,1-2H3,(H,18,20)/t15-/m1/s1. The van der Waals surface area contributed by atoms with E-state index in [1.54, 1.807) is 6.92 Å². The fourth-order valence-corrected chi connectivity index (χ4v) is 4.04. The van der Waals surface area contributed by atoms with E-state index in [-0.39, 0.29) is 24.1 Å². The van der Waals surface area contributed by atoms with Gasteiger partial charge in [0.2, 0.25) is 15.9 Å². The van der Waals surface area contributed by atoms with E-state index in [4.69, 9.17) is 4.74 Å². The van der Waals surface area contributed by atoms with E-state index in [9.17, 15) is 13.2 Å². The number of carbonyl (C=O) groups excluding carboxylic acids is 1. The van der Waals surface area contributed by atoms with Crippen LogP contribution in [0.2, 0.25) is 0 Å². The van der Waals surface area contributed by atoms with E-state index in [1.165, 1.54) is 4.31 Å². The summed E-state index contributed by atoms with van der Waals surface area (Å²) in [7, 11) is -3.24. The van der Waals surface area contributed by atoms with Crippen LogP contribution in [0.4, 0.5) is 0 Å². The predicted molar refractivity (Wildman–Crippen MR) is 93.2 cm³/mol. The fourth-order valence-electron chi connectivity index (χ4n) is 2.86. The largest absolute Gasteiger partial charge is 0.494 e. The van der Waals surface area contributed by atoms with E-state index in [0.717, 1.165) is 11.3 Å². The summed E-state index contributed by atoms with van der Waals surface area (Å²) in [4.78, 5) is 12.4. The molecule has 0 aliphatic carbocycles. The van der Waals surface area contributed by atoms with Crippen molar-refractivity contribution in [1.82, 2.24) is 9.62 Å². The van der Waals surface area contributed by atoms with E-state index < -0.39 is 10.0 Å². The van der Waals surface area contributed by atoms with E-state index >= 15 is 0 Å². The monoisotopic (exact) mass is 354 g/mol. The molecule has 0 aromatic heterocycles. The first kappa shape index (κ1) is 18.7. The maximum atomic E-state index is 12.4. The summed E-state index contributed by atoms with van der Waals surface area (Å²) >= 11 is 0. The summed E-state index contributed by atoms with van der Waals surface area (Å²) in [5.74, 6) is 0.444. The molecular formula is C17H26N2O4S. The zero-order valence-corrected chi connectivity index (χ0v) is 15.1. The molecule has 1 aliphatic heterocycles. The quantitative estimate of drug-likeness (QED) is 0.810. The van der Waals surface area contributed by atoms with Gasteiger partial charge in [-0.2, -0.15) is 0 Å². The number of ether oxygens (including phenoxy) is 1. The molecule has 1 amide bonds. The molecule has 24 heavy (non-hydrogen) atoms. The molecule has 6 nitrogen and oxygen atoms in total. The summed E-state index contributed by atoms with van der Waals surface area (Å²) < 4.78 is 31.0. The molecule has 1 aromatic rings. The number of nitrogens with zero attached hydrogens (tertiary/aromatic N) is 1. The van der Waals surface area contributed by atoms with Crippen LogP contribution in [0.1, 0.15) is 32.3 Å². The minimum atomic E-state index is -3.24. The molecule has 0 unspecified atom stereocenters. The van der Waals surface area contributed by atoms with E-state index in [0.29, 0.717) is 32.5 Å². The van der Waals surface area contributed by atoms with Crippen molar-refractivity contribution in [3.63, 3.8) is 0 Å². The second kappa shape index (κ2) is 8.48. The number of benzene rings is 1. The van der Waals surface area contributed by atoms with Gasteiger partial charge in [0.15, 0.2) is 0 Å². The Kier molecular flexibility index (Phi) is 6.62. The average molecular weight is 354 g/mol. The lowest BCUT2D eigenvalue weighted by Gasteiger charge is -2.31. The fraction of sp³-hybridized carbons (Fsp3) is 0.588. The molecule has 1 heterocycles. The van der Waals surface area contributed by atoms with Gasteiger partial charge in [-0.25, -0.2) is 12.7 Å². The van der Waals surface area contributed by atoms with Crippen molar-refractivity contribution in [1.29, 1.82) is 0 Å². The SMILES string of the molecule is CCOc1ccccc1CNC(=O)[C@@H]1CCCN(S(=O)(=O)CC)C1. The molecule has 0 bridgehead atoms. The number of hydrogen-bond acceptors (Lipinski definition) is 4. The van der Waals surface area contributed by atoms with Crippen LogP contribution < -0.4 is 10.1 Å². The van der Waals surface area contributed by atoms with Crippen LogP contribution in [0.3, 0.4) is 0 Å². The average Bonchev–Trinajstić information content (AvgIpc) is 2.61. The van der Waals surface area contributed by atoms with Gasteiger partial charge >= 0.3 is 0 Å². The van der Waals surface area contributed by atoms with E-state index in [2.05, 4.69) is 5.32 Å². The van der Waals surface area contributed by atoms with Crippen molar-refractivity contribution in [2.45, 2.75) is 33.2 Å². The third-order valence-corrected chi connectivity index (χ3v) is 6.09. The highest BCUT2D eigenvalue weighted by atomic mass is 32.2. The highest BCUT2D eigenvalue weighted by Crippen LogP contribution is 2.21. The second-order valence-electron chi connectivity index (χ2n) is 5.86. The second-order valence-corrected chi connectivity index (χ2v) is 8.11. The number of amides is 1. The Morgan fingerprint density at radius 1 is 1.33 bits per heavy atom. The summed E-state index contributed by atoms with van der Waals surface area (Å²) in [5, 5.41) is 2.92. The maximum Gasteiger partial charge on any atom is 0.224 e. The first-order chi connectivity index (χ1) is 11.5. The molecule has 1 aliphatic rings. The van der Waals surface area contributed by atoms with E-state index in [1.807, 2.05) is 31.2 Å². The zero-order valence-electron chi connectivity index (χ0n) is 14.3. The van der Waals surface area contributed by atoms with Gasteiger partial charge < -0.3 is 10.1 Å². The van der Waals surface area contributed by atoms with Crippen LogP contribution >= 0.6 is 0 Å². The van der Waals surface area contributed by atoms with Crippen LogP contribution in [0.15, 0.2) is 24.3 Å². The summed E-state index contributed by atoms with van der Waals surface area (Å²) in [6, 6.07) is 7.59. The number of sulfonamides is 1. The first-order valence-corrected chi connectivity index (χ1v) is 10.0. The Bertz CT molecular complexity index is 660. The van der Waals surface area contributed by atoms with Crippen molar-refractivity contribution < 1.29 is 17.9 Å². The number of rotatable bonds is 7. The third-order valence-electron chi connectivity index (χ3n) is 4.24. The van der Waals surface area contributed by atoms with Crippen molar-refractivity contribution in [3.05, 3.63) is 29.8 Å². The molecule has 0 radical (unpaired) electrons. The Hall–Kier alpha value is -1.60. The molecule has 1 saturated heterocycles. The molecule has 134 valence electrons. The highest BCUT2D eigenvalue weighted by molar-refractivity contribution is 7.89. The Balaban J connectivity index is 1.95. The van der Waals surface area contributed by atoms with Gasteiger partial charge in [0, 0.05) is 25.2 Å². The Labute approximate surface area is 144 Å². The molecule has 7 heteroatoms. The predicted octanol–water partition coefficient (Wildman–Crippen LogP) is 1.76. The lowest BCUT2D eigenvalue weighted by molar-refractivity contribution is -0.126. The highest BCUT2D eigenvalue weighted by Gasteiger charge is 2.31. The molecule has 0 spiro atoms. The van der Waals surface area contributed by atoms with Gasteiger partial charge in [0.1, 0.15) is 5.75 Å². The number of para-hydroxylation sites is 1. The summed E-state index contributed by atoms with van der Waals surface area (Å²) in [6.45, 7) is 5.27. The van der Waals surface area contributed by atoms with Crippen molar-refractivity contribution in [2.24, 2.45) is 5.92 Å². The zero-order chi connectivity index (χ0) is 17.6. The van der Waals surface area contributed by atoms with Crippen molar-refractivity contribution in [2.75, 3.05) is 25.4 Å². The van der Waals surface area contributed by atoms with Gasteiger partial charge in [-0.3, -0.25) is 4.79 Å². The molecule has 2 rings (SSSR count). The van der Waals surface area contributed by atoms with Crippen LogP contribution in [0.25, 0.3) is 0 Å². The molecule has 1 fully saturated rings. The third kappa shape index (κ3) is 4.70. The van der Waals surface area contributed by atoms with Gasteiger partial charge in [-0.05, 0) is 32.8 Å². The number of carbonyl (C=O) groups is 1. The van der Waals surface area contributed by atoms with Gasteiger partial charge in [-0.1, -0.05) is 18.2 Å². The lowest BCUT2D eigenvalue weighted by atomic mass is 9.98. The Morgan fingerprint density at radius 3 is 2.79 bits per heavy atom. The molecule has 0 saturated carbocycles. The smallest absolute Gasteiger partial charge is 0.224 e. The van der Waals surface area contributed by atoms with Crippen molar-refractivity contribution >= 4 is 15.9 Å². The Morgan fingerprint density at radius 2 is 2.08 bits per heavy atom. The normalized spacial score (nSPS) is 19.0. The van der Waals surface area contributed by atoms with Crippen molar-refractivity contribution in [3.8, 4) is 5.75 Å². The number of hydrogen-bond donors (Lipinski definition) is 1. The topological polar surface area (TPSA) is 75.7 Å². The molecule has 1 atom stereocenters. The molecule has 1 N–H and O–H groups in total. The first-order valence-electron chi connectivity index (χ1n) is 8.44. The van der Waals surface area contributed by atoms with Gasteiger partial charge in [-0.15, -0.1) is 0 Å². The van der Waals surface area contributed by atoms with Crippen LogP contribution in [0, 0.1) is 5.92 Å². The number of nitrogens with one attached hydrogen (secondary N) is 1. The number of piperidine rings is 1.